The van der Waals surface area contributed by atoms with Crippen LogP contribution in [0.25, 0.3) is 0 Å². The molecule has 1 rings (SSSR count). The van der Waals surface area contributed by atoms with Crippen LogP contribution in [0.2, 0.25) is 0 Å². The molecule has 0 aliphatic heterocycles. The number of hydrogen-bond acceptors (Lipinski definition) is 3. The number of rotatable bonds is 6. The van der Waals surface area contributed by atoms with E-state index in [2.05, 4.69) is 10.6 Å². The molecule has 2 amide bonds. The lowest BCUT2D eigenvalue weighted by Crippen LogP contribution is -2.31. The van der Waals surface area contributed by atoms with Crippen LogP contribution < -0.4 is 10.6 Å². The van der Waals surface area contributed by atoms with E-state index in [0.29, 0.717) is 13.2 Å². The van der Waals surface area contributed by atoms with E-state index in [1.807, 2.05) is 32.0 Å². The van der Waals surface area contributed by atoms with Gasteiger partial charge in [0.2, 0.25) is 0 Å². The zero-order valence-electron chi connectivity index (χ0n) is 11.1. The van der Waals surface area contributed by atoms with Gasteiger partial charge in [-0.3, -0.25) is 0 Å². The van der Waals surface area contributed by atoms with Gasteiger partial charge in [-0.05, 0) is 31.0 Å². The summed E-state index contributed by atoms with van der Waals surface area (Å²) >= 11 is 0. The summed E-state index contributed by atoms with van der Waals surface area (Å²) in [5, 5.41) is 5.39. The second-order valence-corrected chi connectivity index (χ2v) is 3.92. The zero-order chi connectivity index (χ0) is 13.4. The molecule has 0 aliphatic carbocycles. The molecule has 100 valence electrons. The first-order valence-corrected chi connectivity index (χ1v) is 5.83. The zero-order valence-corrected chi connectivity index (χ0v) is 11.1. The van der Waals surface area contributed by atoms with Crippen molar-refractivity contribution in [3.05, 3.63) is 29.3 Å². The molecular weight excluding hydrogens is 232 g/mol. The van der Waals surface area contributed by atoms with Gasteiger partial charge < -0.3 is 20.1 Å². The van der Waals surface area contributed by atoms with Crippen molar-refractivity contribution in [2.75, 3.05) is 32.4 Å². The quantitative estimate of drug-likeness (QED) is 0.601. The molecule has 0 saturated carbocycles. The third kappa shape index (κ3) is 4.73. The number of carbonyl (C=O) groups is 1. The fourth-order valence-electron chi connectivity index (χ4n) is 1.38. The molecule has 2 N–H and O–H groups in total. The van der Waals surface area contributed by atoms with Crippen LogP contribution in [0, 0.1) is 13.8 Å². The maximum atomic E-state index is 11.6. The molecule has 0 aromatic heterocycles. The average molecular weight is 252 g/mol. The Hall–Kier alpha value is -1.59. The van der Waals surface area contributed by atoms with Crippen LogP contribution in [-0.4, -0.2) is 33.1 Å². The predicted octanol–water partition coefficient (Wildman–Crippen LogP) is 2.05. The summed E-state index contributed by atoms with van der Waals surface area (Å²) in [6.07, 6.45) is 0. The number of carbonyl (C=O) groups excluding carboxylic acids is 1. The summed E-state index contributed by atoms with van der Waals surface area (Å²) in [6, 6.07) is 5.51. The van der Waals surface area contributed by atoms with Crippen molar-refractivity contribution in [3.63, 3.8) is 0 Å². The van der Waals surface area contributed by atoms with E-state index in [1.54, 1.807) is 7.11 Å². The van der Waals surface area contributed by atoms with Crippen LogP contribution in [-0.2, 0) is 9.47 Å². The number of anilines is 1. The van der Waals surface area contributed by atoms with E-state index >= 15 is 0 Å². The van der Waals surface area contributed by atoms with Gasteiger partial charge in [0.1, 0.15) is 6.73 Å². The summed E-state index contributed by atoms with van der Waals surface area (Å²) in [6.45, 7) is 5.12. The molecule has 5 heteroatoms. The van der Waals surface area contributed by atoms with Gasteiger partial charge in [0.15, 0.2) is 0 Å². The maximum Gasteiger partial charge on any atom is 0.321 e. The van der Waals surface area contributed by atoms with Gasteiger partial charge in [-0.1, -0.05) is 12.1 Å². The molecule has 1 aromatic carbocycles. The van der Waals surface area contributed by atoms with Gasteiger partial charge in [-0.25, -0.2) is 4.79 Å². The molecule has 5 nitrogen and oxygen atoms in total. The SMILES string of the molecule is COCCOCNC(=O)Nc1cccc(C)c1C. The van der Waals surface area contributed by atoms with Crippen LogP contribution in [0.1, 0.15) is 11.1 Å². The first-order valence-electron chi connectivity index (χ1n) is 5.83. The van der Waals surface area contributed by atoms with Crippen LogP contribution in [0.4, 0.5) is 10.5 Å². The topological polar surface area (TPSA) is 59.6 Å². The normalized spacial score (nSPS) is 10.2. The van der Waals surface area contributed by atoms with Crippen LogP contribution >= 0.6 is 0 Å². The van der Waals surface area contributed by atoms with Gasteiger partial charge in [-0.2, -0.15) is 0 Å². The number of amides is 2. The van der Waals surface area contributed by atoms with Gasteiger partial charge in [0.05, 0.1) is 13.2 Å². The molecule has 0 aliphatic rings. The minimum Gasteiger partial charge on any atom is -0.382 e. The fourth-order valence-corrected chi connectivity index (χ4v) is 1.38. The average Bonchev–Trinajstić information content (AvgIpc) is 2.35. The first-order chi connectivity index (χ1) is 8.65. The van der Waals surface area contributed by atoms with Gasteiger partial charge >= 0.3 is 6.03 Å². The molecule has 0 saturated heterocycles. The van der Waals surface area contributed by atoms with Crippen molar-refractivity contribution < 1.29 is 14.3 Å². The maximum absolute atomic E-state index is 11.6. The molecule has 1 aromatic rings. The third-order valence-corrected chi connectivity index (χ3v) is 2.62. The summed E-state index contributed by atoms with van der Waals surface area (Å²) in [5.74, 6) is 0. The van der Waals surface area contributed by atoms with E-state index in [1.165, 1.54) is 0 Å². The number of benzene rings is 1. The highest BCUT2D eigenvalue weighted by Crippen LogP contribution is 2.17. The lowest BCUT2D eigenvalue weighted by Gasteiger charge is -2.11. The van der Waals surface area contributed by atoms with Crippen LogP contribution in [0.3, 0.4) is 0 Å². The minimum absolute atomic E-state index is 0.167. The van der Waals surface area contributed by atoms with Gasteiger partial charge in [-0.15, -0.1) is 0 Å². The van der Waals surface area contributed by atoms with E-state index < -0.39 is 0 Å². The summed E-state index contributed by atoms with van der Waals surface area (Å²) in [5.41, 5.74) is 3.02. The monoisotopic (exact) mass is 252 g/mol. The molecule has 18 heavy (non-hydrogen) atoms. The highest BCUT2D eigenvalue weighted by atomic mass is 16.5. The smallest absolute Gasteiger partial charge is 0.321 e. The molecule has 0 radical (unpaired) electrons. The van der Waals surface area contributed by atoms with Crippen molar-refractivity contribution in [2.45, 2.75) is 13.8 Å². The Morgan fingerprint density at radius 1 is 1.28 bits per heavy atom. The van der Waals surface area contributed by atoms with Crippen molar-refractivity contribution in [1.29, 1.82) is 0 Å². The summed E-state index contributed by atoms with van der Waals surface area (Å²) in [4.78, 5) is 11.6. The molecular formula is C13H20N2O3. The van der Waals surface area contributed by atoms with E-state index in [0.717, 1.165) is 16.8 Å². The Labute approximate surface area is 107 Å². The van der Waals surface area contributed by atoms with E-state index in [4.69, 9.17) is 9.47 Å². The van der Waals surface area contributed by atoms with Crippen LogP contribution in [0.15, 0.2) is 18.2 Å². The summed E-state index contributed by atoms with van der Waals surface area (Å²) in [7, 11) is 1.60. The Morgan fingerprint density at radius 3 is 2.78 bits per heavy atom. The van der Waals surface area contributed by atoms with Crippen molar-refractivity contribution in [1.82, 2.24) is 5.32 Å². The second-order valence-electron chi connectivity index (χ2n) is 3.92. The van der Waals surface area contributed by atoms with Crippen LogP contribution in [0.5, 0.6) is 0 Å². The number of methoxy groups -OCH3 is 1. The predicted molar refractivity (Wildman–Crippen MR) is 70.8 cm³/mol. The van der Waals surface area contributed by atoms with Crippen molar-refractivity contribution in [3.8, 4) is 0 Å². The molecule has 0 bridgehead atoms. The molecule has 0 atom stereocenters. The molecule has 0 heterocycles. The molecule has 0 spiro atoms. The minimum atomic E-state index is -0.277. The number of ether oxygens (including phenoxy) is 2. The molecule has 0 fully saturated rings. The number of aryl methyl sites for hydroxylation is 1. The summed E-state index contributed by atoms with van der Waals surface area (Å²) < 4.78 is 9.96. The van der Waals surface area contributed by atoms with E-state index in [-0.39, 0.29) is 12.8 Å². The Kier molecular flexibility index (Phi) is 6.18. The Morgan fingerprint density at radius 2 is 2.06 bits per heavy atom. The Balaban J connectivity index is 2.34. The van der Waals surface area contributed by atoms with Crippen molar-refractivity contribution >= 4 is 11.7 Å². The van der Waals surface area contributed by atoms with Crippen molar-refractivity contribution in [2.24, 2.45) is 0 Å². The number of nitrogens with one attached hydrogen (secondary N) is 2. The number of urea groups is 1. The fraction of sp³-hybridized carbons (Fsp3) is 0.462. The second kappa shape index (κ2) is 7.68. The lowest BCUT2D eigenvalue weighted by molar-refractivity contribution is 0.0650. The van der Waals surface area contributed by atoms with Gasteiger partial charge in [0, 0.05) is 12.8 Å². The van der Waals surface area contributed by atoms with E-state index in [9.17, 15) is 4.79 Å². The lowest BCUT2D eigenvalue weighted by atomic mass is 10.1. The Bertz CT molecular complexity index is 394. The highest BCUT2D eigenvalue weighted by Gasteiger charge is 2.04. The third-order valence-electron chi connectivity index (χ3n) is 2.62. The molecule has 0 unspecified atom stereocenters. The first kappa shape index (κ1) is 14.5. The highest BCUT2D eigenvalue weighted by molar-refractivity contribution is 5.90. The largest absolute Gasteiger partial charge is 0.382 e. The van der Waals surface area contributed by atoms with Gasteiger partial charge in [0.25, 0.3) is 0 Å². The number of hydrogen-bond donors (Lipinski definition) is 2. The standard InChI is InChI=1S/C13H20N2O3/c1-10-5-4-6-12(11(10)2)15-13(16)14-9-18-8-7-17-3/h4-6H,7-9H2,1-3H3,(H2,14,15,16).